The molecule has 0 spiro atoms. The van der Waals surface area contributed by atoms with Gasteiger partial charge in [-0.25, -0.2) is 8.42 Å². The lowest BCUT2D eigenvalue weighted by atomic mass is 10.2. The van der Waals surface area contributed by atoms with Crippen LogP contribution in [0.25, 0.3) is 0 Å². The van der Waals surface area contributed by atoms with Crippen molar-refractivity contribution in [3.63, 3.8) is 0 Å². The fraction of sp³-hybridized carbons (Fsp3) is 0.174. The fourth-order valence-electron chi connectivity index (χ4n) is 2.85. The molecule has 1 amide bonds. The highest BCUT2D eigenvalue weighted by Gasteiger charge is 2.22. The van der Waals surface area contributed by atoms with E-state index in [-0.39, 0.29) is 16.9 Å². The van der Waals surface area contributed by atoms with Crippen LogP contribution in [0.5, 0.6) is 5.75 Å². The fourth-order valence-corrected chi connectivity index (χ4v) is 4.06. The average Bonchev–Trinajstić information content (AvgIpc) is 2.75. The third-order valence-electron chi connectivity index (χ3n) is 4.37. The number of hydrogen-bond donors (Lipinski definition) is 1. The average molecular weight is 425 g/mol. The molecule has 3 rings (SSSR count). The van der Waals surface area contributed by atoms with E-state index >= 15 is 0 Å². The van der Waals surface area contributed by atoms with Crippen molar-refractivity contribution in [3.05, 3.63) is 84.4 Å². The van der Waals surface area contributed by atoms with Crippen LogP contribution in [0.2, 0.25) is 0 Å². The first-order valence-corrected chi connectivity index (χ1v) is 10.9. The number of ether oxygens (including phenoxy) is 1. The number of anilines is 2. The Kier molecular flexibility index (Phi) is 6.42. The van der Waals surface area contributed by atoms with Crippen molar-refractivity contribution in [2.24, 2.45) is 0 Å². The maximum atomic E-state index is 12.9. The van der Waals surface area contributed by atoms with Gasteiger partial charge in [0.05, 0.1) is 22.4 Å². The minimum absolute atomic E-state index is 0.0387. The number of hydrogen-bond acceptors (Lipinski definition) is 4. The van der Waals surface area contributed by atoms with E-state index in [1.54, 1.807) is 60.7 Å². The number of benzene rings is 3. The van der Waals surface area contributed by atoms with Crippen LogP contribution in [-0.2, 0) is 10.0 Å². The molecule has 0 unspecified atom stereocenters. The highest BCUT2D eigenvalue weighted by Crippen LogP contribution is 2.27. The van der Waals surface area contributed by atoms with Gasteiger partial charge >= 0.3 is 0 Å². The summed E-state index contributed by atoms with van der Waals surface area (Å²) in [5.41, 5.74) is 1.27. The molecule has 0 radical (unpaired) electrons. The second-order valence-corrected chi connectivity index (χ2v) is 8.92. The van der Waals surface area contributed by atoms with Crippen molar-refractivity contribution in [3.8, 4) is 5.75 Å². The summed E-state index contributed by atoms with van der Waals surface area (Å²) in [5, 5.41) is 2.84. The van der Waals surface area contributed by atoms with Gasteiger partial charge in [0.2, 0.25) is 0 Å². The van der Waals surface area contributed by atoms with Gasteiger partial charge in [0.1, 0.15) is 5.75 Å². The van der Waals surface area contributed by atoms with Gasteiger partial charge in [0.15, 0.2) is 0 Å². The van der Waals surface area contributed by atoms with Crippen LogP contribution in [0.3, 0.4) is 0 Å². The van der Waals surface area contributed by atoms with Crippen LogP contribution in [0.15, 0.2) is 83.8 Å². The van der Waals surface area contributed by atoms with E-state index in [2.05, 4.69) is 5.32 Å². The molecule has 0 bridgehead atoms. The third kappa shape index (κ3) is 4.80. The van der Waals surface area contributed by atoms with E-state index in [0.717, 1.165) is 4.31 Å². The Labute approximate surface area is 177 Å². The molecule has 0 aliphatic rings. The van der Waals surface area contributed by atoms with Crippen LogP contribution in [0.4, 0.5) is 11.4 Å². The standard InChI is InChI=1S/C23H24N2O4S/c1-17(2)29-22-15-8-7-14-21(22)24-23(26)18-10-9-11-19(16-18)25(3)30(27,28)20-12-5-4-6-13-20/h4-17H,1-3H3,(H,24,26). The first kappa shape index (κ1) is 21.4. The van der Waals surface area contributed by atoms with Crippen molar-refractivity contribution in [2.75, 3.05) is 16.7 Å². The minimum atomic E-state index is -3.73. The molecule has 6 nitrogen and oxygen atoms in total. The van der Waals surface area contributed by atoms with E-state index < -0.39 is 10.0 Å². The van der Waals surface area contributed by atoms with Gasteiger partial charge in [0.25, 0.3) is 15.9 Å². The number of carbonyl (C=O) groups is 1. The molecule has 0 fully saturated rings. The summed E-state index contributed by atoms with van der Waals surface area (Å²) >= 11 is 0. The number of nitrogens with zero attached hydrogens (tertiary/aromatic N) is 1. The summed E-state index contributed by atoms with van der Waals surface area (Å²) in [6.45, 7) is 3.82. The molecule has 0 heterocycles. The second kappa shape index (κ2) is 9.00. The molecule has 0 aliphatic carbocycles. The van der Waals surface area contributed by atoms with Crippen LogP contribution in [0.1, 0.15) is 24.2 Å². The quantitative estimate of drug-likeness (QED) is 0.604. The van der Waals surface area contributed by atoms with E-state index in [4.69, 9.17) is 4.74 Å². The number of rotatable bonds is 7. The van der Waals surface area contributed by atoms with E-state index in [0.29, 0.717) is 22.7 Å². The summed E-state index contributed by atoms with van der Waals surface area (Å²) in [6, 6.07) is 21.8. The Morgan fingerprint density at radius 2 is 1.60 bits per heavy atom. The topological polar surface area (TPSA) is 75.7 Å². The lowest BCUT2D eigenvalue weighted by Gasteiger charge is -2.20. The van der Waals surface area contributed by atoms with E-state index in [1.807, 2.05) is 19.9 Å². The Hall–Kier alpha value is -3.32. The van der Waals surface area contributed by atoms with Gasteiger partial charge in [-0.1, -0.05) is 36.4 Å². The van der Waals surface area contributed by atoms with Crippen LogP contribution >= 0.6 is 0 Å². The predicted octanol–water partition coefficient (Wildman–Crippen LogP) is 4.55. The first-order valence-electron chi connectivity index (χ1n) is 9.50. The molecule has 3 aromatic carbocycles. The Morgan fingerprint density at radius 3 is 2.30 bits per heavy atom. The van der Waals surface area contributed by atoms with Crippen molar-refractivity contribution in [1.29, 1.82) is 0 Å². The van der Waals surface area contributed by atoms with Crippen LogP contribution in [0, 0.1) is 0 Å². The van der Waals surface area contributed by atoms with E-state index in [9.17, 15) is 13.2 Å². The third-order valence-corrected chi connectivity index (χ3v) is 6.17. The van der Waals surface area contributed by atoms with Crippen LogP contribution < -0.4 is 14.4 Å². The zero-order valence-corrected chi connectivity index (χ0v) is 17.9. The molecule has 7 heteroatoms. The van der Waals surface area contributed by atoms with E-state index in [1.165, 1.54) is 19.2 Å². The van der Waals surface area contributed by atoms with Gasteiger partial charge < -0.3 is 10.1 Å². The predicted molar refractivity (Wildman–Crippen MR) is 119 cm³/mol. The zero-order chi connectivity index (χ0) is 21.7. The number of amides is 1. The van der Waals surface area contributed by atoms with Crippen molar-refractivity contribution in [1.82, 2.24) is 0 Å². The molecule has 0 aromatic heterocycles. The van der Waals surface area contributed by atoms with Crippen molar-refractivity contribution < 1.29 is 17.9 Å². The maximum absolute atomic E-state index is 12.9. The normalized spacial score (nSPS) is 11.2. The smallest absolute Gasteiger partial charge is 0.264 e. The Morgan fingerprint density at radius 1 is 0.933 bits per heavy atom. The number of nitrogens with one attached hydrogen (secondary N) is 1. The lowest BCUT2D eigenvalue weighted by molar-refractivity contribution is 0.102. The molecule has 1 N–H and O–H groups in total. The Balaban J connectivity index is 1.85. The van der Waals surface area contributed by atoms with Gasteiger partial charge in [-0.15, -0.1) is 0 Å². The SMILES string of the molecule is CC(C)Oc1ccccc1NC(=O)c1cccc(N(C)S(=O)(=O)c2ccccc2)c1. The second-order valence-electron chi connectivity index (χ2n) is 6.95. The van der Waals surface area contributed by atoms with Gasteiger partial charge in [-0.2, -0.15) is 0 Å². The number of para-hydroxylation sites is 2. The van der Waals surface area contributed by atoms with Gasteiger partial charge in [0, 0.05) is 12.6 Å². The maximum Gasteiger partial charge on any atom is 0.264 e. The van der Waals surface area contributed by atoms with Crippen molar-refractivity contribution >= 4 is 27.3 Å². The summed E-state index contributed by atoms with van der Waals surface area (Å²) in [7, 11) is -2.27. The summed E-state index contributed by atoms with van der Waals surface area (Å²) in [5.74, 6) is 0.211. The number of carbonyl (C=O) groups excluding carboxylic acids is 1. The van der Waals surface area contributed by atoms with Gasteiger partial charge in [-0.05, 0) is 56.3 Å². The monoisotopic (exact) mass is 424 g/mol. The van der Waals surface area contributed by atoms with Gasteiger partial charge in [-0.3, -0.25) is 9.10 Å². The molecule has 3 aromatic rings. The molecule has 0 aliphatic heterocycles. The van der Waals surface area contributed by atoms with Crippen LogP contribution in [-0.4, -0.2) is 27.5 Å². The first-order chi connectivity index (χ1) is 14.3. The minimum Gasteiger partial charge on any atom is -0.489 e. The lowest BCUT2D eigenvalue weighted by Crippen LogP contribution is -2.26. The summed E-state index contributed by atoms with van der Waals surface area (Å²) < 4.78 is 32.6. The molecule has 0 saturated carbocycles. The Bertz CT molecular complexity index is 1130. The molecular weight excluding hydrogens is 400 g/mol. The number of sulfonamides is 1. The summed E-state index contributed by atoms with van der Waals surface area (Å²) in [4.78, 5) is 13.0. The highest BCUT2D eigenvalue weighted by molar-refractivity contribution is 7.92. The highest BCUT2D eigenvalue weighted by atomic mass is 32.2. The molecule has 30 heavy (non-hydrogen) atoms. The zero-order valence-electron chi connectivity index (χ0n) is 17.1. The van der Waals surface area contributed by atoms with Crippen molar-refractivity contribution in [2.45, 2.75) is 24.8 Å². The largest absolute Gasteiger partial charge is 0.489 e. The molecular formula is C23H24N2O4S. The molecule has 0 atom stereocenters. The molecule has 156 valence electrons. The summed E-state index contributed by atoms with van der Waals surface area (Å²) in [6.07, 6.45) is -0.0387. The molecule has 0 saturated heterocycles.